The van der Waals surface area contributed by atoms with Gasteiger partial charge in [-0.2, -0.15) is 0 Å². The Morgan fingerprint density at radius 3 is 2.38 bits per heavy atom. The number of aliphatic hydroxyl groups excluding tert-OH is 1. The first kappa shape index (κ1) is 15.5. The lowest BCUT2D eigenvalue weighted by Crippen LogP contribution is -2.01. The van der Waals surface area contributed by atoms with Gasteiger partial charge in [0, 0.05) is 5.56 Å². The number of hydrogen-bond donors (Lipinski definition) is 1. The number of para-hydroxylation sites is 2. The van der Waals surface area contributed by atoms with Gasteiger partial charge in [-0.05, 0) is 37.0 Å². The fourth-order valence-electron chi connectivity index (χ4n) is 2.27. The van der Waals surface area contributed by atoms with Crippen molar-refractivity contribution in [2.24, 2.45) is 0 Å². The van der Waals surface area contributed by atoms with Crippen molar-refractivity contribution in [1.82, 2.24) is 0 Å². The van der Waals surface area contributed by atoms with Crippen molar-refractivity contribution in [1.29, 1.82) is 0 Å². The summed E-state index contributed by atoms with van der Waals surface area (Å²) in [4.78, 5) is 0. The molecule has 21 heavy (non-hydrogen) atoms. The summed E-state index contributed by atoms with van der Waals surface area (Å²) in [5.74, 6) is 0.595. The Morgan fingerprint density at radius 1 is 1.05 bits per heavy atom. The normalized spacial score (nSPS) is 13.8. The van der Waals surface area contributed by atoms with Gasteiger partial charge in [0.1, 0.15) is 5.75 Å². The van der Waals surface area contributed by atoms with E-state index in [0.717, 1.165) is 12.0 Å². The smallest absolute Gasteiger partial charge is 0.168 e. The quantitative estimate of drug-likeness (QED) is 0.821. The van der Waals surface area contributed by atoms with Crippen molar-refractivity contribution >= 4 is 0 Å². The van der Waals surface area contributed by atoms with Crippen LogP contribution in [-0.4, -0.2) is 5.11 Å². The molecule has 0 aromatic heterocycles. The molecule has 2 aromatic carbocycles. The molecule has 3 heteroatoms. The standard InChI is InChI=1S/C18H21FO2/c1-4-12(2)14-8-5-6-11-17(14)21-18-15(13(3)20)9-7-10-16(18)19/h5-13,20H,4H2,1-3H3/t12?,13-/m0/s1. The van der Waals surface area contributed by atoms with Crippen LogP contribution < -0.4 is 4.74 Å². The maximum Gasteiger partial charge on any atom is 0.168 e. The minimum Gasteiger partial charge on any atom is -0.454 e. The van der Waals surface area contributed by atoms with E-state index in [0.29, 0.717) is 17.2 Å². The van der Waals surface area contributed by atoms with Crippen LogP contribution >= 0.6 is 0 Å². The zero-order valence-corrected chi connectivity index (χ0v) is 12.6. The van der Waals surface area contributed by atoms with Gasteiger partial charge in [0.2, 0.25) is 0 Å². The molecular weight excluding hydrogens is 267 g/mol. The lowest BCUT2D eigenvalue weighted by molar-refractivity contribution is 0.194. The summed E-state index contributed by atoms with van der Waals surface area (Å²) in [5, 5.41) is 9.78. The second kappa shape index (κ2) is 6.72. The Balaban J connectivity index is 2.44. The van der Waals surface area contributed by atoms with E-state index in [1.807, 2.05) is 24.3 Å². The number of rotatable bonds is 5. The van der Waals surface area contributed by atoms with Gasteiger partial charge in [-0.15, -0.1) is 0 Å². The van der Waals surface area contributed by atoms with E-state index >= 15 is 0 Å². The maximum absolute atomic E-state index is 14.1. The highest BCUT2D eigenvalue weighted by molar-refractivity contribution is 5.44. The lowest BCUT2D eigenvalue weighted by atomic mass is 9.98. The number of ether oxygens (including phenoxy) is 1. The molecule has 0 aliphatic heterocycles. The van der Waals surface area contributed by atoms with Crippen molar-refractivity contribution in [2.75, 3.05) is 0 Å². The van der Waals surface area contributed by atoms with Crippen LogP contribution in [-0.2, 0) is 0 Å². The van der Waals surface area contributed by atoms with Crippen molar-refractivity contribution in [2.45, 2.75) is 39.2 Å². The van der Waals surface area contributed by atoms with Crippen LogP contribution in [0.2, 0.25) is 0 Å². The molecule has 0 saturated carbocycles. The van der Waals surface area contributed by atoms with Crippen molar-refractivity contribution < 1.29 is 14.2 Å². The van der Waals surface area contributed by atoms with Crippen molar-refractivity contribution in [3.8, 4) is 11.5 Å². The molecule has 0 heterocycles. The topological polar surface area (TPSA) is 29.5 Å². The fourth-order valence-corrected chi connectivity index (χ4v) is 2.27. The van der Waals surface area contributed by atoms with Crippen LogP contribution in [0.25, 0.3) is 0 Å². The molecule has 2 rings (SSSR count). The first-order valence-corrected chi connectivity index (χ1v) is 7.27. The summed E-state index contributed by atoms with van der Waals surface area (Å²) in [7, 11) is 0. The molecule has 1 unspecified atom stereocenters. The predicted molar refractivity (Wildman–Crippen MR) is 82.3 cm³/mol. The third-order valence-electron chi connectivity index (χ3n) is 3.72. The van der Waals surface area contributed by atoms with Crippen molar-refractivity contribution in [3.05, 3.63) is 59.4 Å². The zero-order chi connectivity index (χ0) is 15.4. The van der Waals surface area contributed by atoms with Crippen LogP contribution in [0.1, 0.15) is 50.3 Å². The largest absolute Gasteiger partial charge is 0.454 e. The number of aliphatic hydroxyl groups is 1. The first-order valence-electron chi connectivity index (χ1n) is 7.27. The van der Waals surface area contributed by atoms with Crippen LogP contribution in [0.5, 0.6) is 11.5 Å². The summed E-state index contributed by atoms with van der Waals surface area (Å²) in [6.07, 6.45) is 0.187. The minimum atomic E-state index is -0.786. The highest BCUT2D eigenvalue weighted by Crippen LogP contribution is 2.36. The van der Waals surface area contributed by atoms with E-state index in [1.165, 1.54) is 6.07 Å². The first-order chi connectivity index (χ1) is 10.0. The van der Waals surface area contributed by atoms with Gasteiger partial charge in [0.25, 0.3) is 0 Å². The van der Waals surface area contributed by atoms with E-state index in [4.69, 9.17) is 4.74 Å². The van der Waals surface area contributed by atoms with Gasteiger partial charge in [-0.3, -0.25) is 0 Å². The molecule has 1 N–H and O–H groups in total. The van der Waals surface area contributed by atoms with Gasteiger partial charge in [-0.1, -0.05) is 44.2 Å². The summed E-state index contributed by atoms with van der Waals surface area (Å²) in [6, 6.07) is 12.2. The summed E-state index contributed by atoms with van der Waals surface area (Å²) in [6.45, 7) is 5.81. The predicted octanol–water partition coefficient (Wildman–Crippen LogP) is 5.18. The molecule has 0 saturated heterocycles. The Hall–Kier alpha value is -1.87. The second-order valence-electron chi connectivity index (χ2n) is 5.28. The average Bonchev–Trinajstić information content (AvgIpc) is 2.48. The van der Waals surface area contributed by atoms with E-state index < -0.39 is 11.9 Å². The number of halogens is 1. The molecule has 112 valence electrons. The van der Waals surface area contributed by atoms with Gasteiger partial charge in [0.15, 0.2) is 11.6 Å². The molecule has 2 atom stereocenters. The van der Waals surface area contributed by atoms with Crippen molar-refractivity contribution in [3.63, 3.8) is 0 Å². The van der Waals surface area contributed by atoms with Crippen LogP contribution in [0.15, 0.2) is 42.5 Å². The van der Waals surface area contributed by atoms with Gasteiger partial charge in [-0.25, -0.2) is 4.39 Å². The summed E-state index contributed by atoms with van der Waals surface area (Å²) < 4.78 is 19.9. The Kier molecular flexibility index (Phi) is 4.97. The van der Waals surface area contributed by atoms with E-state index in [9.17, 15) is 9.50 Å². The Labute approximate surface area is 125 Å². The molecule has 0 amide bonds. The van der Waals surface area contributed by atoms with E-state index in [-0.39, 0.29) is 5.75 Å². The molecule has 0 aliphatic rings. The number of benzene rings is 2. The number of hydrogen-bond acceptors (Lipinski definition) is 2. The molecule has 2 aromatic rings. The lowest BCUT2D eigenvalue weighted by Gasteiger charge is -2.18. The van der Waals surface area contributed by atoms with E-state index in [1.54, 1.807) is 19.1 Å². The second-order valence-corrected chi connectivity index (χ2v) is 5.28. The molecule has 0 fully saturated rings. The van der Waals surface area contributed by atoms with Gasteiger partial charge < -0.3 is 9.84 Å². The Morgan fingerprint density at radius 2 is 1.71 bits per heavy atom. The summed E-state index contributed by atoms with van der Waals surface area (Å²) in [5.41, 5.74) is 1.49. The minimum absolute atomic E-state index is 0.100. The zero-order valence-electron chi connectivity index (χ0n) is 12.6. The molecule has 2 nitrogen and oxygen atoms in total. The molecule has 0 radical (unpaired) electrons. The highest BCUT2D eigenvalue weighted by atomic mass is 19.1. The maximum atomic E-state index is 14.1. The van der Waals surface area contributed by atoms with Crippen LogP contribution in [0.4, 0.5) is 4.39 Å². The Bertz CT molecular complexity index is 608. The monoisotopic (exact) mass is 288 g/mol. The third kappa shape index (κ3) is 3.42. The highest BCUT2D eigenvalue weighted by Gasteiger charge is 2.17. The fraction of sp³-hybridized carbons (Fsp3) is 0.333. The van der Waals surface area contributed by atoms with Crippen LogP contribution in [0, 0.1) is 5.82 Å². The molecular formula is C18H21FO2. The molecule has 0 spiro atoms. The van der Waals surface area contributed by atoms with Gasteiger partial charge >= 0.3 is 0 Å². The SMILES string of the molecule is CCC(C)c1ccccc1Oc1c(F)cccc1[C@H](C)O. The van der Waals surface area contributed by atoms with Crippen LogP contribution in [0.3, 0.4) is 0 Å². The third-order valence-corrected chi connectivity index (χ3v) is 3.72. The average molecular weight is 288 g/mol. The van der Waals surface area contributed by atoms with E-state index in [2.05, 4.69) is 13.8 Å². The summed E-state index contributed by atoms with van der Waals surface area (Å²) >= 11 is 0. The molecule has 0 aliphatic carbocycles. The van der Waals surface area contributed by atoms with Gasteiger partial charge in [0.05, 0.1) is 6.10 Å². The molecule has 0 bridgehead atoms.